The average Bonchev–Trinajstić information content (AvgIpc) is 3.53. The number of aromatic amines is 1. The number of nitrogens with one attached hydrogen (secondary N) is 4. The van der Waals surface area contributed by atoms with Gasteiger partial charge in [0.1, 0.15) is 24.8 Å². The fourth-order valence-corrected chi connectivity index (χ4v) is 5.02. The maximum Gasteiger partial charge on any atom is 0.411 e. The molecule has 2 aromatic carbocycles. The number of carbonyl (C=O) groups is 3. The minimum Gasteiger partial charge on any atom is -0.480 e. The average molecular weight is 666 g/mol. The molecule has 0 unspecified atom stereocenters. The van der Waals surface area contributed by atoms with Crippen molar-refractivity contribution in [3.8, 4) is 11.3 Å². The number of carboxylic acids is 1. The number of halogens is 1. The van der Waals surface area contributed by atoms with Crippen LogP contribution in [0.5, 0.6) is 0 Å². The van der Waals surface area contributed by atoms with Gasteiger partial charge < -0.3 is 30.2 Å². The zero-order valence-electron chi connectivity index (χ0n) is 25.6. The number of carboxylic acid groups (broad SMARTS) is 1. The van der Waals surface area contributed by atoms with E-state index < -0.39 is 30.1 Å². The van der Waals surface area contributed by atoms with E-state index in [9.17, 15) is 19.5 Å². The third kappa shape index (κ3) is 9.87. The molecular formula is C31H36ClN9O6. The van der Waals surface area contributed by atoms with Gasteiger partial charge in [-0.2, -0.15) is 5.10 Å². The minimum atomic E-state index is -1.02. The normalized spacial score (nSPS) is 16.3. The van der Waals surface area contributed by atoms with Crippen LogP contribution in [0, 0.1) is 0 Å². The van der Waals surface area contributed by atoms with Crippen molar-refractivity contribution in [3.63, 3.8) is 0 Å². The van der Waals surface area contributed by atoms with Crippen molar-refractivity contribution >= 4 is 65.8 Å². The molecule has 0 fully saturated rings. The number of hydrazine groups is 1. The summed E-state index contributed by atoms with van der Waals surface area (Å²) in [5.41, 5.74) is 3.04. The van der Waals surface area contributed by atoms with Crippen molar-refractivity contribution in [2.75, 3.05) is 36.0 Å². The van der Waals surface area contributed by atoms with E-state index in [0.717, 1.165) is 0 Å². The molecule has 0 spiro atoms. The van der Waals surface area contributed by atoms with Crippen molar-refractivity contribution in [2.45, 2.75) is 37.8 Å². The second-order valence-corrected chi connectivity index (χ2v) is 10.8. The van der Waals surface area contributed by atoms with E-state index in [-0.39, 0.29) is 13.2 Å². The third-order valence-corrected chi connectivity index (χ3v) is 7.34. The van der Waals surface area contributed by atoms with E-state index in [1.54, 1.807) is 48.7 Å². The maximum atomic E-state index is 13.2. The number of imidazole rings is 1. The molecule has 0 radical (unpaired) electrons. The largest absolute Gasteiger partial charge is 0.480 e. The Hall–Kier alpha value is -5.25. The second-order valence-electron chi connectivity index (χ2n) is 10.4. The van der Waals surface area contributed by atoms with Gasteiger partial charge >= 0.3 is 12.1 Å². The molecule has 2 atom stereocenters. The number of anilines is 3. The molecular weight excluding hydrogens is 630 g/mol. The van der Waals surface area contributed by atoms with Crippen molar-refractivity contribution in [1.82, 2.24) is 15.3 Å². The lowest BCUT2D eigenvalue weighted by Gasteiger charge is -2.21. The molecule has 3 aromatic rings. The van der Waals surface area contributed by atoms with Crippen LogP contribution in [0.4, 0.5) is 21.9 Å². The topological polar surface area (TPSA) is 209 Å². The van der Waals surface area contributed by atoms with Gasteiger partial charge in [-0.05, 0) is 55.3 Å². The lowest BCUT2D eigenvalue weighted by atomic mass is 10.0. The molecule has 2 heterocycles. The van der Waals surface area contributed by atoms with Gasteiger partial charge in [0, 0.05) is 53.6 Å². The SMILES string of the molecule is C=N/N=C\N(N)c1ccc(Cl)cc1/C=C/C(=O)N[C@H]1CCCC[C@H](C(=O)O)Nc2cc(NC(=O)OCCOC)ccc2-c2c[nH]c1n2. The van der Waals surface area contributed by atoms with Crippen LogP contribution in [0.25, 0.3) is 17.3 Å². The Morgan fingerprint density at radius 2 is 2.02 bits per heavy atom. The Balaban J connectivity index is 1.58. The number of nitrogens with two attached hydrogens (primary N) is 1. The zero-order valence-corrected chi connectivity index (χ0v) is 26.4. The number of hydrogen-bond donors (Lipinski definition) is 6. The van der Waals surface area contributed by atoms with Crippen LogP contribution in [0.2, 0.25) is 5.02 Å². The van der Waals surface area contributed by atoms with Crippen LogP contribution >= 0.6 is 11.6 Å². The molecule has 7 N–H and O–H groups in total. The lowest BCUT2D eigenvalue weighted by molar-refractivity contribution is -0.138. The van der Waals surface area contributed by atoms with E-state index in [1.165, 1.54) is 24.5 Å². The second kappa shape index (κ2) is 16.9. The van der Waals surface area contributed by atoms with E-state index in [1.807, 2.05) is 0 Å². The molecule has 47 heavy (non-hydrogen) atoms. The highest BCUT2D eigenvalue weighted by Crippen LogP contribution is 2.33. The predicted octanol–water partition coefficient (Wildman–Crippen LogP) is 4.56. The number of ether oxygens (including phenoxy) is 2. The molecule has 0 aliphatic carbocycles. The minimum absolute atomic E-state index is 0.0768. The van der Waals surface area contributed by atoms with Crippen molar-refractivity contribution < 1.29 is 29.0 Å². The number of aliphatic carboxylic acids is 1. The summed E-state index contributed by atoms with van der Waals surface area (Å²) < 4.78 is 9.97. The maximum absolute atomic E-state index is 13.2. The van der Waals surface area contributed by atoms with Gasteiger partial charge in [0.05, 0.1) is 24.0 Å². The first-order valence-corrected chi connectivity index (χ1v) is 15.0. The number of methoxy groups -OCH3 is 1. The first kappa shape index (κ1) is 34.6. The summed E-state index contributed by atoms with van der Waals surface area (Å²) in [6.45, 7) is 3.61. The van der Waals surface area contributed by atoms with Crippen LogP contribution < -0.4 is 26.8 Å². The van der Waals surface area contributed by atoms with Crippen LogP contribution in [-0.4, -0.2) is 72.5 Å². The summed E-state index contributed by atoms with van der Waals surface area (Å²) in [4.78, 5) is 45.4. The highest BCUT2D eigenvalue weighted by atomic mass is 35.5. The number of amides is 2. The van der Waals surface area contributed by atoms with Crippen molar-refractivity contribution in [3.05, 3.63) is 65.1 Å². The van der Waals surface area contributed by atoms with E-state index in [0.29, 0.717) is 70.4 Å². The quantitative estimate of drug-likeness (QED) is 0.0420. The van der Waals surface area contributed by atoms with Gasteiger partial charge in [-0.15, -0.1) is 5.10 Å². The molecule has 0 saturated carbocycles. The number of fused-ring (bicyclic) bond motifs is 4. The summed E-state index contributed by atoms with van der Waals surface area (Å²) in [6.07, 6.45) is 7.20. The number of nitrogens with zero attached hydrogens (tertiary/aromatic N) is 4. The number of carbonyl (C=O) groups excluding carboxylic acids is 2. The molecule has 1 aliphatic rings. The highest BCUT2D eigenvalue weighted by Gasteiger charge is 2.24. The van der Waals surface area contributed by atoms with E-state index >= 15 is 0 Å². The Morgan fingerprint density at radius 3 is 2.79 bits per heavy atom. The van der Waals surface area contributed by atoms with Gasteiger partial charge in [-0.1, -0.05) is 24.4 Å². The Kier molecular flexibility index (Phi) is 12.4. The lowest BCUT2D eigenvalue weighted by Crippen LogP contribution is -2.30. The first-order chi connectivity index (χ1) is 22.7. The molecule has 0 saturated heterocycles. The third-order valence-electron chi connectivity index (χ3n) is 7.11. The first-order valence-electron chi connectivity index (χ1n) is 14.6. The van der Waals surface area contributed by atoms with Gasteiger partial charge in [-0.25, -0.2) is 20.4 Å². The molecule has 4 rings (SSSR count). The van der Waals surface area contributed by atoms with E-state index in [4.69, 9.17) is 31.9 Å². The number of benzene rings is 2. The summed E-state index contributed by atoms with van der Waals surface area (Å²) in [5.74, 6) is 5.15. The fourth-order valence-electron chi connectivity index (χ4n) is 4.84. The summed E-state index contributed by atoms with van der Waals surface area (Å²) in [6, 6.07) is 8.57. The number of H-pyrrole nitrogens is 1. The molecule has 1 aliphatic heterocycles. The summed E-state index contributed by atoms with van der Waals surface area (Å²) >= 11 is 6.19. The van der Waals surface area contributed by atoms with E-state index in [2.05, 4.69) is 37.9 Å². The molecule has 16 heteroatoms. The Morgan fingerprint density at radius 1 is 1.21 bits per heavy atom. The van der Waals surface area contributed by atoms with Gasteiger partial charge in [0.2, 0.25) is 5.91 Å². The smallest absolute Gasteiger partial charge is 0.411 e. The summed E-state index contributed by atoms with van der Waals surface area (Å²) in [5, 5.41) is 27.4. The Labute approximate surface area is 275 Å². The molecule has 1 aromatic heterocycles. The van der Waals surface area contributed by atoms with Crippen LogP contribution in [0.1, 0.15) is 43.1 Å². The van der Waals surface area contributed by atoms with Crippen molar-refractivity contribution in [1.29, 1.82) is 0 Å². The molecule has 2 amide bonds. The van der Waals surface area contributed by atoms with Crippen LogP contribution in [-0.2, 0) is 19.1 Å². The number of rotatable bonds is 11. The van der Waals surface area contributed by atoms with Crippen LogP contribution in [0.15, 0.2) is 58.9 Å². The highest BCUT2D eigenvalue weighted by molar-refractivity contribution is 6.30. The van der Waals surface area contributed by atoms with Crippen molar-refractivity contribution in [2.24, 2.45) is 16.0 Å². The van der Waals surface area contributed by atoms with Gasteiger partial charge in [0.15, 0.2) is 0 Å². The monoisotopic (exact) mass is 665 g/mol. The van der Waals surface area contributed by atoms with Gasteiger partial charge in [0.25, 0.3) is 0 Å². The summed E-state index contributed by atoms with van der Waals surface area (Å²) in [7, 11) is 1.50. The molecule has 15 nitrogen and oxygen atoms in total. The molecule has 2 bridgehead atoms. The standard InChI is InChI=1S/C31H36ClN9O6/c1-34-36-18-41(33)27-11-8-20(32)15-19(27)7-12-28(42)39-23-5-3-4-6-24(30(43)44)38-25-16-21(37-31(45)47-14-13-46-2)9-10-22(25)26-17-35-29(23)40-26/h7-12,15-18,23-24,38H,1,3-6,13-14,33H2,2H3,(H,35,40)(H,37,45)(H,39,42)(H,43,44)/b12-7+,36-18-/t23-,24+/m0/s1. The predicted molar refractivity (Wildman–Crippen MR) is 180 cm³/mol. The molecule has 248 valence electrons. The zero-order chi connectivity index (χ0) is 33.8. The number of hydrogen-bond acceptors (Lipinski definition) is 10. The fraction of sp³-hybridized carbons (Fsp3) is 0.290. The Bertz CT molecular complexity index is 1640. The van der Waals surface area contributed by atoms with Crippen LogP contribution in [0.3, 0.4) is 0 Å². The number of aromatic nitrogens is 2. The van der Waals surface area contributed by atoms with Gasteiger partial charge in [-0.3, -0.25) is 15.1 Å².